The summed E-state index contributed by atoms with van der Waals surface area (Å²) in [6.07, 6.45) is 3.59. The second-order valence-electron chi connectivity index (χ2n) is 4.06. The first-order valence-corrected chi connectivity index (χ1v) is 5.65. The minimum Gasteiger partial charge on any atom is -0.497 e. The number of aryl methyl sites for hydroxylation is 1. The van der Waals surface area contributed by atoms with Crippen LogP contribution in [0, 0.1) is 5.82 Å². The zero-order valence-electron chi connectivity index (χ0n) is 10.6. The van der Waals surface area contributed by atoms with E-state index in [0.29, 0.717) is 11.3 Å². The third kappa shape index (κ3) is 2.36. The summed E-state index contributed by atoms with van der Waals surface area (Å²) in [5, 5.41) is 7.20. The van der Waals surface area contributed by atoms with E-state index in [-0.39, 0.29) is 11.9 Å². The molecular formula is C13H16FN3O. The van der Waals surface area contributed by atoms with Crippen LogP contribution < -0.4 is 10.1 Å². The Hall–Kier alpha value is -1.88. The number of hydrogen-bond acceptors (Lipinski definition) is 3. The maximum atomic E-state index is 14.0. The van der Waals surface area contributed by atoms with E-state index in [4.69, 9.17) is 4.74 Å². The highest BCUT2D eigenvalue weighted by molar-refractivity contribution is 5.35. The molecule has 0 aliphatic carbocycles. The van der Waals surface area contributed by atoms with Gasteiger partial charge in [0.25, 0.3) is 0 Å². The van der Waals surface area contributed by atoms with E-state index in [1.807, 2.05) is 13.2 Å². The van der Waals surface area contributed by atoms with Crippen LogP contribution in [0.4, 0.5) is 4.39 Å². The molecule has 0 fully saturated rings. The molecule has 5 heteroatoms. The van der Waals surface area contributed by atoms with Crippen LogP contribution in [-0.2, 0) is 7.05 Å². The summed E-state index contributed by atoms with van der Waals surface area (Å²) in [5.74, 6) is 0.217. The molecule has 0 radical (unpaired) electrons. The predicted octanol–water partition coefficient (Wildman–Crippen LogP) is 1.88. The van der Waals surface area contributed by atoms with Gasteiger partial charge in [-0.25, -0.2) is 4.39 Å². The molecular weight excluding hydrogens is 233 g/mol. The summed E-state index contributed by atoms with van der Waals surface area (Å²) in [4.78, 5) is 0. The highest BCUT2D eigenvalue weighted by Crippen LogP contribution is 2.26. The van der Waals surface area contributed by atoms with Crippen molar-refractivity contribution < 1.29 is 9.13 Å². The molecule has 0 amide bonds. The van der Waals surface area contributed by atoms with Crippen LogP contribution in [0.15, 0.2) is 30.6 Å². The monoisotopic (exact) mass is 249 g/mol. The SMILES string of the molecule is CNC(c1cnn(C)c1)c1ccc(OC)cc1F. The van der Waals surface area contributed by atoms with Crippen LogP contribution in [0.25, 0.3) is 0 Å². The Labute approximate surface area is 105 Å². The molecule has 0 aliphatic heterocycles. The van der Waals surface area contributed by atoms with Gasteiger partial charge in [-0.05, 0) is 13.1 Å². The van der Waals surface area contributed by atoms with Crippen molar-refractivity contribution in [3.8, 4) is 5.75 Å². The van der Waals surface area contributed by atoms with Gasteiger partial charge in [-0.3, -0.25) is 4.68 Å². The fourth-order valence-corrected chi connectivity index (χ4v) is 1.96. The first-order chi connectivity index (χ1) is 8.65. The van der Waals surface area contributed by atoms with E-state index in [9.17, 15) is 4.39 Å². The van der Waals surface area contributed by atoms with Gasteiger partial charge in [-0.15, -0.1) is 0 Å². The molecule has 1 aromatic heterocycles. The highest BCUT2D eigenvalue weighted by atomic mass is 19.1. The molecule has 0 saturated carbocycles. The molecule has 1 N–H and O–H groups in total. The first-order valence-electron chi connectivity index (χ1n) is 5.65. The summed E-state index contributed by atoms with van der Waals surface area (Å²) in [5.41, 5.74) is 1.50. The summed E-state index contributed by atoms with van der Waals surface area (Å²) >= 11 is 0. The number of ether oxygens (including phenoxy) is 1. The number of aromatic nitrogens is 2. The van der Waals surface area contributed by atoms with Crippen molar-refractivity contribution in [2.45, 2.75) is 6.04 Å². The number of hydrogen-bond donors (Lipinski definition) is 1. The van der Waals surface area contributed by atoms with Crippen LogP contribution in [0.2, 0.25) is 0 Å². The number of rotatable bonds is 4. The molecule has 0 saturated heterocycles. The fourth-order valence-electron chi connectivity index (χ4n) is 1.96. The molecule has 1 atom stereocenters. The summed E-state index contributed by atoms with van der Waals surface area (Å²) < 4.78 is 20.7. The zero-order valence-corrected chi connectivity index (χ0v) is 10.6. The van der Waals surface area contributed by atoms with Crippen LogP contribution in [0.1, 0.15) is 17.2 Å². The molecule has 0 bridgehead atoms. The van der Waals surface area contributed by atoms with Crippen LogP contribution in [0.5, 0.6) is 5.75 Å². The van der Waals surface area contributed by atoms with Crippen LogP contribution in [0.3, 0.4) is 0 Å². The minimum atomic E-state index is -0.294. The van der Waals surface area contributed by atoms with Crippen molar-refractivity contribution in [2.75, 3.05) is 14.2 Å². The Balaban J connectivity index is 2.39. The molecule has 96 valence electrons. The lowest BCUT2D eigenvalue weighted by molar-refractivity contribution is 0.410. The van der Waals surface area contributed by atoms with Crippen LogP contribution >= 0.6 is 0 Å². The summed E-state index contributed by atoms with van der Waals surface area (Å²) in [6, 6.07) is 4.64. The van der Waals surface area contributed by atoms with Crippen molar-refractivity contribution >= 4 is 0 Å². The third-order valence-corrected chi connectivity index (χ3v) is 2.87. The fraction of sp³-hybridized carbons (Fsp3) is 0.308. The molecule has 4 nitrogen and oxygen atoms in total. The van der Waals surface area contributed by atoms with Gasteiger partial charge in [0.15, 0.2) is 0 Å². The van der Waals surface area contributed by atoms with Gasteiger partial charge >= 0.3 is 0 Å². The Morgan fingerprint density at radius 2 is 2.22 bits per heavy atom. The average molecular weight is 249 g/mol. The number of nitrogens with one attached hydrogen (secondary N) is 1. The van der Waals surface area contributed by atoms with Gasteiger partial charge < -0.3 is 10.1 Å². The smallest absolute Gasteiger partial charge is 0.132 e. The second kappa shape index (κ2) is 5.18. The van der Waals surface area contributed by atoms with Gasteiger partial charge in [0.1, 0.15) is 11.6 Å². The van der Waals surface area contributed by atoms with Crippen molar-refractivity contribution in [2.24, 2.45) is 7.05 Å². The van der Waals surface area contributed by atoms with Gasteiger partial charge in [0.05, 0.1) is 19.3 Å². The lowest BCUT2D eigenvalue weighted by atomic mass is 10.0. The number of nitrogens with zero attached hydrogens (tertiary/aromatic N) is 2. The van der Waals surface area contributed by atoms with E-state index < -0.39 is 0 Å². The molecule has 18 heavy (non-hydrogen) atoms. The Bertz CT molecular complexity index is 539. The van der Waals surface area contributed by atoms with Gasteiger partial charge in [-0.2, -0.15) is 5.10 Å². The van der Waals surface area contributed by atoms with Gasteiger partial charge in [-0.1, -0.05) is 6.07 Å². The second-order valence-corrected chi connectivity index (χ2v) is 4.06. The van der Waals surface area contributed by atoms with Crippen molar-refractivity contribution in [3.05, 3.63) is 47.5 Å². The van der Waals surface area contributed by atoms with E-state index in [2.05, 4.69) is 10.4 Å². The quantitative estimate of drug-likeness (QED) is 0.899. The molecule has 2 rings (SSSR count). The van der Waals surface area contributed by atoms with Gasteiger partial charge in [0.2, 0.25) is 0 Å². The van der Waals surface area contributed by atoms with Crippen molar-refractivity contribution in [1.29, 1.82) is 0 Å². The Morgan fingerprint density at radius 3 is 2.72 bits per heavy atom. The zero-order chi connectivity index (χ0) is 13.1. The third-order valence-electron chi connectivity index (χ3n) is 2.87. The normalized spacial score (nSPS) is 12.4. The summed E-state index contributed by atoms with van der Waals surface area (Å²) in [7, 11) is 5.15. The lowest BCUT2D eigenvalue weighted by Crippen LogP contribution is -2.18. The van der Waals surface area contributed by atoms with E-state index in [0.717, 1.165) is 5.56 Å². The molecule has 1 aromatic carbocycles. The minimum absolute atomic E-state index is 0.218. The lowest BCUT2D eigenvalue weighted by Gasteiger charge is -2.16. The Morgan fingerprint density at radius 1 is 1.44 bits per heavy atom. The first kappa shape index (κ1) is 12.6. The summed E-state index contributed by atoms with van der Waals surface area (Å²) in [6.45, 7) is 0. The molecule has 0 spiro atoms. The maximum Gasteiger partial charge on any atom is 0.132 e. The number of methoxy groups -OCH3 is 1. The molecule has 1 heterocycles. The number of benzene rings is 1. The molecule has 1 unspecified atom stereocenters. The standard InChI is InChI=1S/C13H16FN3O/c1-15-13(9-7-16-17(2)8-9)11-5-4-10(18-3)6-12(11)14/h4-8,13,15H,1-3H3. The largest absolute Gasteiger partial charge is 0.497 e. The molecule has 0 aliphatic rings. The molecule has 2 aromatic rings. The topological polar surface area (TPSA) is 39.1 Å². The number of halogens is 1. The van der Waals surface area contributed by atoms with E-state index in [1.54, 1.807) is 30.1 Å². The predicted molar refractivity (Wildman–Crippen MR) is 67.1 cm³/mol. The Kier molecular flexibility index (Phi) is 3.62. The van der Waals surface area contributed by atoms with Crippen molar-refractivity contribution in [3.63, 3.8) is 0 Å². The van der Waals surface area contributed by atoms with Crippen LogP contribution in [-0.4, -0.2) is 23.9 Å². The van der Waals surface area contributed by atoms with E-state index >= 15 is 0 Å². The van der Waals surface area contributed by atoms with Crippen molar-refractivity contribution in [1.82, 2.24) is 15.1 Å². The average Bonchev–Trinajstić information content (AvgIpc) is 2.78. The highest BCUT2D eigenvalue weighted by Gasteiger charge is 2.17. The maximum absolute atomic E-state index is 14.0. The van der Waals surface area contributed by atoms with Gasteiger partial charge in [0, 0.05) is 30.4 Å². The van der Waals surface area contributed by atoms with E-state index in [1.165, 1.54) is 13.2 Å².